The third kappa shape index (κ3) is 3.48. The lowest BCUT2D eigenvalue weighted by atomic mass is 10.1. The smallest absolute Gasteiger partial charge is 0.261 e. The van der Waals surface area contributed by atoms with E-state index in [4.69, 9.17) is 11.6 Å². The summed E-state index contributed by atoms with van der Waals surface area (Å²) in [4.78, 5) is 14.4. The predicted molar refractivity (Wildman–Crippen MR) is 77.8 cm³/mol. The normalized spacial score (nSPS) is 16.8. The lowest BCUT2D eigenvalue weighted by Crippen LogP contribution is -2.32. The zero-order valence-electron chi connectivity index (χ0n) is 10.8. The molecule has 1 unspecified atom stereocenters. The van der Waals surface area contributed by atoms with Crippen molar-refractivity contribution in [3.63, 3.8) is 0 Å². The van der Waals surface area contributed by atoms with Gasteiger partial charge in [0.25, 0.3) is 5.91 Å². The molecule has 4 heteroatoms. The van der Waals surface area contributed by atoms with Crippen LogP contribution in [0.25, 0.3) is 0 Å². The summed E-state index contributed by atoms with van der Waals surface area (Å²) in [7, 11) is 0. The zero-order chi connectivity index (χ0) is 13.0. The molecule has 1 aromatic heterocycles. The highest BCUT2D eigenvalue weighted by atomic mass is 35.5. The van der Waals surface area contributed by atoms with Gasteiger partial charge in [0.1, 0.15) is 0 Å². The van der Waals surface area contributed by atoms with Gasteiger partial charge in [-0.2, -0.15) is 0 Å². The van der Waals surface area contributed by atoms with E-state index in [1.54, 1.807) is 11.3 Å². The second-order valence-electron chi connectivity index (χ2n) is 4.97. The van der Waals surface area contributed by atoms with E-state index in [1.807, 2.05) is 6.92 Å². The molecular weight excluding hydrogens is 266 g/mol. The van der Waals surface area contributed by atoms with E-state index in [2.05, 4.69) is 11.4 Å². The van der Waals surface area contributed by atoms with Crippen LogP contribution in [0.15, 0.2) is 6.07 Å². The molecule has 0 saturated heterocycles. The van der Waals surface area contributed by atoms with Crippen molar-refractivity contribution in [3.8, 4) is 0 Å². The van der Waals surface area contributed by atoms with Gasteiger partial charge in [-0.05, 0) is 50.7 Å². The molecule has 0 fully saturated rings. The quantitative estimate of drug-likeness (QED) is 0.662. The molecule has 1 aliphatic rings. The zero-order valence-corrected chi connectivity index (χ0v) is 12.4. The average molecular weight is 286 g/mol. The van der Waals surface area contributed by atoms with Gasteiger partial charge >= 0.3 is 0 Å². The minimum Gasteiger partial charge on any atom is -0.349 e. The number of rotatable bonds is 4. The van der Waals surface area contributed by atoms with Crippen LogP contribution in [0, 0.1) is 0 Å². The van der Waals surface area contributed by atoms with Crippen molar-refractivity contribution >= 4 is 28.8 Å². The highest BCUT2D eigenvalue weighted by Crippen LogP contribution is 2.28. The third-order valence-corrected chi connectivity index (χ3v) is 4.84. The first-order valence-corrected chi connectivity index (χ1v) is 8.04. The van der Waals surface area contributed by atoms with Gasteiger partial charge in [0.2, 0.25) is 0 Å². The van der Waals surface area contributed by atoms with Crippen molar-refractivity contribution in [1.82, 2.24) is 5.32 Å². The average Bonchev–Trinajstić information content (AvgIpc) is 2.61. The molecule has 1 amide bonds. The molecule has 0 bridgehead atoms. The maximum absolute atomic E-state index is 12.1. The van der Waals surface area contributed by atoms with Crippen molar-refractivity contribution in [2.24, 2.45) is 0 Å². The second kappa shape index (κ2) is 6.58. The minimum absolute atomic E-state index is 0.0608. The predicted octanol–water partition coefficient (Wildman–Crippen LogP) is 3.76. The Morgan fingerprint density at radius 3 is 3.00 bits per heavy atom. The Morgan fingerprint density at radius 2 is 2.22 bits per heavy atom. The number of carbonyl (C=O) groups excluding carboxylic acids is 1. The van der Waals surface area contributed by atoms with Crippen molar-refractivity contribution in [1.29, 1.82) is 0 Å². The fraction of sp³-hybridized carbons (Fsp3) is 0.643. The fourth-order valence-corrected chi connectivity index (χ4v) is 3.79. The van der Waals surface area contributed by atoms with Crippen LogP contribution in [-0.2, 0) is 12.8 Å². The molecule has 0 aromatic carbocycles. The van der Waals surface area contributed by atoms with E-state index in [1.165, 1.54) is 29.7 Å². The van der Waals surface area contributed by atoms with Gasteiger partial charge < -0.3 is 5.32 Å². The van der Waals surface area contributed by atoms with Crippen LogP contribution in [-0.4, -0.2) is 17.8 Å². The Hall–Kier alpha value is -0.540. The van der Waals surface area contributed by atoms with Crippen LogP contribution in [0.2, 0.25) is 0 Å². The lowest BCUT2D eigenvalue weighted by molar-refractivity contribution is 0.0943. The minimum atomic E-state index is 0.0608. The summed E-state index contributed by atoms with van der Waals surface area (Å²) in [6.07, 6.45) is 6.93. The summed E-state index contributed by atoms with van der Waals surface area (Å²) in [6.45, 7) is 2.00. The summed E-state index contributed by atoms with van der Waals surface area (Å²) in [5.74, 6) is 0.647. The molecule has 0 saturated carbocycles. The number of aryl methyl sites for hydroxylation is 2. The molecule has 1 aromatic rings. The molecule has 1 atom stereocenters. The van der Waals surface area contributed by atoms with E-state index in [-0.39, 0.29) is 11.9 Å². The third-order valence-electron chi connectivity index (χ3n) is 3.39. The highest BCUT2D eigenvalue weighted by Gasteiger charge is 2.17. The van der Waals surface area contributed by atoms with E-state index in [0.717, 1.165) is 24.1 Å². The summed E-state index contributed by atoms with van der Waals surface area (Å²) < 4.78 is 0. The molecular formula is C14H20ClNOS. The van der Waals surface area contributed by atoms with E-state index in [0.29, 0.717) is 5.88 Å². The molecule has 0 radical (unpaired) electrons. The molecule has 1 aliphatic carbocycles. The lowest BCUT2D eigenvalue weighted by Gasteiger charge is -2.10. The van der Waals surface area contributed by atoms with Gasteiger partial charge in [-0.1, -0.05) is 6.42 Å². The highest BCUT2D eigenvalue weighted by molar-refractivity contribution is 7.14. The molecule has 1 N–H and O–H groups in total. The van der Waals surface area contributed by atoms with Crippen LogP contribution in [0.4, 0.5) is 0 Å². The Bertz CT molecular complexity index is 392. The number of fused-ring (bicyclic) bond motifs is 1. The summed E-state index contributed by atoms with van der Waals surface area (Å²) in [5.41, 5.74) is 1.40. The SMILES string of the molecule is CC(CCCl)NC(=O)c1cc2c(s1)CCCCC2. The fourth-order valence-electron chi connectivity index (χ4n) is 2.31. The van der Waals surface area contributed by atoms with E-state index >= 15 is 0 Å². The van der Waals surface area contributed by atoms with Crippen LogP contribution >= 0.6 is 22.9 Å². The number of halogens is 1. The van der Waals surface area contributed by atoms with Gasteiger partial charge in [-0.3, -0.25) is 4.79 Å². The van der Waals surface area contributed by atoms with Crippen molar-refractivity contribution in [2.45, 2.75) is 51.5 Å². The Kier molecular flexibility index (Phi) is 5.07. The van der Waals surface area contributed by atoms with Crippen LogP contribution in [0.3, 0.4) is 0 Å². The number of amides is 1. The topological polar surface area (TPSA) is 29.1 Å². The summed E-state index contributed by atoms with van der Waals surface area (Å²) >= 11 is 7.35. The first-order valence-electron chi connectivity index (χ1n) is 6.69. The number of thiophene rings is 1. The number of hydrogen-bond donors (Lipinski definition) is 1. The van der Waals surface area contributed by atoms with Gasteiger partial charge in [0.15, 0.2) is 0 Å². The van der Waals surface area contributed by atoms with Gasteiger partial charge in [-0.15, -0.1) is 22.9 Å². The van der Waals surface area contributed by atoms with Gasteiger partial charge in [0.05, 0.1) is 4.88 Å². The Balaban J connectivity index is 2.02. The monoisotopic (exact) mass is 285 g/mol. The molecule has 100 valence electrons. The van der Waals surface area contributed by atoms with Gasteiger partial charge in [-0.25, -0.2) is 0 Å². The van der Waals surface area contributed by atoms with E-state index in [9.17, 15) is 4.79 Å². The molecule has 0 spiro atoms. The maximum atomic E-state index is 12.1. The van der Waals surface area contributed by atoms with Crippen molar-refractivity contribution in [2.75, 3.05) is 5.88 Å². The summed E-state index contributed by atoms with van der Waals surface area (Å²) in [6, 6.07) is 2.24. The standard InChI is InChI=1S/C14H20ClNOS/c1-10(7-8-15)16-14(17)13-9-11-5-3-2-4-6-12(11)18-13/h9-10H,2-8H2,1H3,(H,16,17). The number of hydrogen-bond acceptors (Lipinski definition) is 2. The maximum Gasteiger partial charge on any atom is 0.261 e. The number of alkyl halides is 1. The molecule has 2 rings (SSSR count). The largest absolute Gasteiger partial charge is 0.349 e. The number of carbonyl (C=O) groups is 1. The molecule has 1 heterocycles. The van der Waals surface area contributed by atoms with Crippen LogP contribution < -0.4 is 5.32 Å². The molecule has 2 nitrogen and oxygen atoms in total. The molecule has 0 aliphatic heterocycles. The first-order chi connectivity index (χ1) is 8.70. The van der Waals surface area contributed by atoms with Crippen molar-refractivity contribution < 1.29 is 4.79 Å². The Labute approximate surface area is 118 Å². The van der Waals surface area contributed by atoms with E-state index < -0.39 is 0 Å². The van der Waals surface area contributed by atoms with Crippen LogP contribution in [0.1, 0.15) is 52.7 Å². The second-order valence-corrected chi connectivity index (χ2v) is 6.49. The Morgan fingerprint density at radius 1 is 1.44 bits per heavy atom. The van der Waals surface area contributed by atoms with Crippen molar-refractivity contribution in [3.05, 3.63) is 21.4 Å². The molecule has 18 heavy (non-hydrogen) atoms. The van der Waals surface area contributed by atoms with Crippen LogP contribution in [0.5, 0.6) is 0 Å². The number of nitrogens with one attached hydrogen (secondary N) is 1. The van der Waals surface area contributed by atoms with Gasteiger partial charge in [0, 0.05) is 16.8 Å². The first kappa shape index (κ1) is 13.9. The summed E-state index contributed by atoms with van der Waals surface area (Å²) in [5, 5.41) is 3.01.